The number of likely N-dealkylation sites (N-methyl/N-ethyl adjacent to an activating group) is 1. The first kappa shape index (κ1) is 12.6. The molecule has 0 bridgehead atoms. The molecule has 0 radical (unpaired) electrons. The van der Waals surface area contributed by atoms with Crippen molar-refractivity contribution in [2.45, 2.75) is 13.0 Å². The molecule has 0 saturated carbocycles. The van der Waals surface area contributed by atoms with Crippen molar-refractivity contribution in [1.82, 2.24) is 4.90 Å². The van der Waals surface area contributed by atoms with E-state index in [1.807, 2.05) is 7.05 Å². The van der Waals surface area contributed by atoms with Gasteiger partial charge in [-0.05, 0) is 37.4 Å². The first-order valence-electron chi connectivity index (χ1n) is 4.95. The van der Waals surface area contributed by atoms with Crippen molar-refractivity contribution in [1.29, 1.82) is 0 Å². The van der Waals surface area contributed by atoms with Gasteiger partial charge in [-0.15, -0.1) is 0 Å². The molecule has 1 unspecified atom stereocenters. The van der Waals surface area contributed by atoms with E-state index in [1.54, 1.807) is 6.07 Å². The maximum absolute atomic E-state index is 13.1. The number of benzene rings is 1. The lowest BCUT2D eigenvalue weighted by Gasteiger charge is -2.26. The fraction of sp³-hybridized carbons (Fsp3) is 0.455. The highest BCUT2D eigenvalue weighted by Gasteiger charge is 2.17. The molecule has 1 rings (SSSR count). The van der Waals surface area contributed by atoms with Gasteiger partial charge in [0.2, 0.25) is 0 Å². The van der Waals surface area contributed by atoms with E-state index in [0.717, 1.165) is 16.6 Å². The molecule has 84 valence electrons. The van der Waals surface area contributed by atoms with Gasteiger partial charge in [0.05, 0.1) is 0 Å². The Kier molecular flexibility index (Phi) is 4.70. The van der Waals surface area contributed by atoms with Crippen LogP contribution in [0.3, 0.4) is 0 Å². The maximum Gasteiger partial charge on any atom is 0.123 e. The Hall–Kier alpha value is -0.450. The van der Waals surface area contributed by atoms with Crippen LogP contribution < -0.4 is 5.73 Å². The Morgan fingerprint density at radius 1 is 1.53 bits per heavy atom. The van der Waals surface area contributed by atoms with Crippen molar-refractivity contribution in [2.24, 2.45) is 5.73 Å². The van der Waals surface area contributed by atoms with Crippen molar-refractivity contribution in [2.75, 3.05) is 20.1 Å². The van der Waals surface area contributed by atoms with Crippen molar-refractivity contribution in [3.63, 3.8) is 0 Å². The molecule has 0 heterocycles. The molecule has 0 saturated heterocycles. The highest BCUT2D eigenvalue weighted by Crippen LogP contribution is 2.27. The minimum absolute atomic E-state index is 0.0556. The van der Waals surface area contributed by atoms with Gasteiger partial charge in [-0.25, -0.2) is 4.39 Å². The zero-order valence-electron chi connectivity index (χ0n) is 9.00. The normalized spacial score (nSPS) is 13.2. The minimum atomic E-state index is -0.226. The molecule has 2 nitrogen and oxygen atoms in total. The summed E-state index contributed by atoms with van der Waals surface area (Å²) in [6.45, 7) is 3.41. The van der Waals surface area contributed by atoms with Gasteiger partial charge in [0.25, 0.3) is 0 Å². The highest BCUT2D eigenvalue weighted by atomic mass is 79.9. The lowest BCUT2D eigenvalue weighted by atomic mass is 10.1. The third-order valence-corrected chi connectivity index (χ3v) is 3.29. The Morgan fingerprint density at radius 3 is 2.73 bits per heavy atom. The van der Waals surface area contributed by atoms with Gasteiger partial charge in [-0.1, -0.05) is 22.9 Å². The minimum Gasteiger partial charge on any atom is -0.329 e. The van der Waals surface area contributed by atoms with Gasteiger partial charge < -0.3 is 5.73 Å². The summed E-state index contributed by atoms with van der Waals surface area (Å²) in [4.78, 5) is 2.10. The van der Waals surface area contributed by atoms with Crippen molar-refractivity contribution in [3.05, 3.63) is 34.1 Å². The molecule has 1 aromatic rings. The molecule has 2 N–H and O–H groups in total. The summed E-state index contributed by atoms with van der Waals surface area (Å²) in [5, 5.41) is 0. The topological polar surface area (TPSA) is 29.3 Å². The summed E-state index contributed by atoms with van der Waals surface area (Å²) >= 11 is 3.42. The Labute approximate surface area is 98.4 Å². The fourth-order valence-corrected chi connectivity index (χ4v) is 2.05. The summed E-state index contributed by atoms with van der Waals surface area (Å²) in [7, 11) is 1.98. The molecule has 0 fully saturated rings. The summed E-state index contributed by atoms with van der Waals surface area (Å²) in [5.41, 5.74) is 6.62. The number of halogens is 2. The van der Waals surface area contributed by atoms with Crippen LogP contribution in [0, 0.1) is 5.82 Å². The number of rotatable bonds is 4. The molecule has 15 heavy (non-hydrogen) atoms. The summed E-state index contributed by atoms with van der Waals surface area (Å²) in [6.07, 6.45) is 0. The quantitative estimate of drug-likeness (QED) is 0.915. The predicted octanol–water partition coefficient (Wildman–Crippen LogP) is 2.54. The Bertz CT molecular complexity index is 330. The lowest BCUT2D eigenvalue weighted by Crippen LogP contribution is -2.30. The van der Waals surface area contributed by atoms with Crippen LogP contribution in [0.15, 0.2) is 22.7 Å². The van der Waals surface area contributed by atoms with Crippen LogP contribution >= 0.6 is 15.9 Å². The molecule has 0 spiro atoms. The van der Waals surface area contributed by atoms with Gasteiger partial charge in [0.1, 0.15) is 5.82 Å². The molecule has 0 aliphatic carbocycles. The van der Waals surface area contributed by atoms with Crippen LogP contribution in [-0.2, 0) is 0 Å². The average molecular weight is 275 g/mol. The largest absolute Gasteiger partial charge is 0.329 e. The van der Waals surface area contributed by atoms with Crippen LogP contribution in [0.2, 0.25) is 0 Å². The van der Waals surface area contributed by atoms with Gasteiger partial charge in [-0.2, -0.15) is 0 Å². The zero-order valence-corrected chi connectivity index (χ0v) is 10.6. The van der Waals surface area contributed by atoms with E-state index < -0.39 is 0 Å². The number of hydrogen-bond donors (Lipinski definition) is 1. The van der Waals surface area contributed by atoms with Crippen molar-refractivity contribution in [3.8, 4) is 0 Å². The molecule has 1 aromatic carbocycles. The highest BCUT2D eigenvalue weighted by molar-refractivity contribution is 9.10. The predicted molar refractivity (Wildman–Crippen MR) is 64.2 cm³/mol. The van der Waals surface area contributed by atoms with Crippen molar-refractivity contribution < 1.29 is 4.39 Å². The van der Waals surface area contributed by atoms with Gasteiger partial charge in [-0.3, -0.25) is 4.90 Å². The molecule has 0 aliphatic heterocycles. The van der Waals surface area contributed by atoms with E-state index in [2.05, 4.69) is 27.8 Å². The second-order valence-electron chi connectivity index (χ2n) is 3.49. The fourth-order valence-electron chi connectivity index (χ4n) is 1.53. The van der Waals surface area contributed by atoms with E-state index in [0.29, 0.717) is 6.54 Å². The average Bonchev–Trinajstić information content (AvgIpc) is 2.23. The number of hydrogen-bond acceptors (Lipinski definition) is 2. The Balaban J connectivity index is 3.05. The molecular weight excluding hydrogens is 259 g/mol. The van der Waals surface area contributed by atoms with Crippen LogP contribution in [0.1, 0.15) is 18.5 Å². The molecule has 0 aromatic heterocycles. The Morgan fingerprint density at radius 2 is 2.20 bits per heavy atom. The number of nitrogens with zero attached hydrogens (tertiary/aromatic N) is 1. The lowest BCUT2D eigenvalue weighted by molar-refractivity contribution is 0.262. The van der Waals surface area contributed by atoms with E-state index in [1.165, 1.54) is 12.1 Å². The smallest absolute Gasteiger partial charge is 0.123 e. The summed E-state index contributed by atoms with van der Waals surface area (Å²) < 4.78 is 14.0. The SMILES string of the molecule is CCN(C)C(CN)c1cc(F)ccc1Br. The zero-order chi connectivity index (χ0) is 11.4. The molecule has 0 amide bonds. The number of nitrogens with two attached hydrogens (primary N) is 1. The van der Waals surface area contributed by atoms with E-state index in [9.17, 15) is 4.39 Å². The summed E-state index contributed by atoms with van der Waals surface area (Å²) in [6, 6.07) is 4.75. The molecular formula is C11H16BrFN2. The van der Waals surface area contributed by atoms with Gasteiger partial charge >= 0.3 is 0 Å². The van der Waals surface area contributed by atoms with E-state index >= 15 is 0 Å². The van der Waals surface area contributed by atoms with Gasteiger partial charge in [0, 0.05) is 17.1 Å². The second kappa shape index (κ2) is 5.58. The van der Waals surface area contributed by atoms with Crippen LogP contribution in [0.4, 0.5) is 4.39 Å². The third-order valence-electron chi connectivity index (χ3n) is 2.57. The standard InChI is InChI=1S/C11H16BrFN2/c1-3-15(2)11(7-14)9-6-8(13)4-5-10(9)12/h4-6,11H,3,7,14H2,1-2H3. The first-order chi connectivity index (χ1) is 7.10. The van der Waals surface area contributed by atoms with Gasteiger partial charge in [0.15, 0.2) is 0 Å². The second-order valence-corrected chi connectivity index (χ2v) is 4.34. The maximum atomic E-state index is 13.1. The summed E-state index contributed by atoms with van der Waals surface area (Å²) in [5.74, 6) is -0.226. The first-order valence-corrected chi connectivity index (χ1v) is 5.74. The van der Waals surface area contributed by atoms with E-state index in [4.69, 9.17) is 5.73 Å². The van der Waals surface area contributed by atoms with Crippen LogP contribution in [0.25, 0.3) is 0 Å². The molecule has 1 atom stereocenters. The van der Waals surface area contributed by atoms with Crippen LogP contribution in [0.5, 0.6) is 0 Å². The monoisotopic (exact) mass is 274 g/mol. The third kappa shape index (κ3) is 3.00. The molecule has 0 aliphatic rings. The molecule has 4 heteroatoms. The van der Waals surface area contributed by atoms with Crippen molar-refractivity contribution >= 4 is 15.9 Å². The van der Waals surface area contributed by atoms with E-state index in [-0.39, 0.29) is 11.9 Å². The van der Waals surface area contributed by atoms with Crippen LogP contribution in [-0.4, -0.2) is 25.0 Å².